The minimum Gasteiger partial charge on any atom is -0.372 e. The number of nitrogens with zero attached hydrogens (tertiary/aromatic N) is 4. The third kappa shape index (κ3) is 6.48. The fourth-order valence-corrected chi connectivity index (χ4v) is 4.40. The highest BCUT2D eigenvalue weighted by Gasteiger charge is 2.24. The van der Waals surface area contributed by atoms with Gasteiger partial charge in [0.1, 0.15) is 5.82 Å². The summed E-state index contributed by atoms with van der Waals surface area (Å²) in [6.45, 7) is 8.73. The van der Waals surface area contributed by atoms with Crippen LogP contribution in [0.2, 0.25) is 0 Å². The van der Waals surface area contributed by atoms with E-state index >= 15 is 0 Å². The van der Waals surface area contributed by atoms with Crippen LogP contribution < -0.4 is 20.4 Å². The van der Waals surface area contributed by atoms with Gasteiger partial charge in [-0.3, -0.25) is 4.99 Å². The van der Waals surface area contributed by atoms with E-state index < -0.39 is 0 Å². The lowest BCUT2D eigenvalue weighted by atomic mass is 10.2. The molecule has 7 nitrogen and oxygen atoms in total. The molecule has 1 aromatic carbocycles. The zero-order valence-corrected chi connectivity index (χ0v) is 21.5. The summed E-state index contributed by atoms with van der Waals surface area (Å²) in [6, 6.07) is 15.2. The Morgan fingerprint density at radius 2 is 1.81 bits per heavy atom. The van der Waals surface area contributed by atoms with E-state index in [0.717, 1.165) is 49.9 Å². The van der Waals surface area contributed by atoms with Gasteiger partial charge >= 0.3 is 0 Å². The van der Waals surface area contributed by atoms with E-state index in [1.807, 2.05) is 13.2 Å². The number of nitrogens with one attached hydrogen (secondary N) is 2. The monoisotopic (exact) mass is 550 g/mol. The van der Waals surface area contributed by atoms with E-state index in [1.54, 1.807) is 0 Å². The highest BCUT2D eigenvalue weighted by Crippen LogP contribution is 2.20. The number of halogens is 1. The lowest BCUT2D eigenvalue weighted by molar-refractivity contribution is -0.00545. The molecule has 1 aromatic heterocycles. The number of hydrogen-bond donors (Lipinski definition) is 2. The van der Waals surface area contributed by atoms with Gasteiger partial charge in [-0.2, -0.15) is 0 Å². The van der Waals surface area contributed by atoms with Crippen molar-refractivity contribution in [2.45, 2.75) is 45.1 Å². The van der Waals surface area contributed by atoms with Crippen LogP contribution in [0.15, 0.2) is 53.7 Å². The SMILES string of the molecule is CN=C(NCc1ccc(N2CC(C)OC(C)C2)nc1)NC1CCN(c2ccccc2)C1.I. The van der Waals surface area contributed by atoms with Crippen molar-refractivity contribution in [1.29, 1.82) is 0 Å². The average Bonchev–Trinajstić information content (AvgIpc) is 3.25. The molecule has 0 radical (unpaired) electrons. The van der Waals surface area contributed by atoms with Crippen molar-refractivity contribution in [1.82, 2.24) is 15.6 Å². The van der Waals surface area contributed by atoms with Crippen LogP contribution >= 0.6 is 24.0 Å². The van der Waals surface area contributed by atoms with Gasteiger partial charge in [0.25, 0.3) is 0 Å². The topological polar surface area (TPSA) is 65.0 Å². The summed E-state index contributed by atoms with van der Waals surface area (Å²) in [7, 11) is 1.82. The molecule has 4 rings (SSSR count). The molecule has 32 heavy (non-hydrogen) atoms. The largest absolute Gasteiger partial charge is 0.372 e. The van der Waals surface area contributed by atoms with Gasteiger partial charge in [-0.1, -0.05) is 24.3 Å². The molecule has 2 aliphatic heterocycles. The van der Waals surface area contributed by atoms with Crippen LogP contribution in [0.25, 0.3) is 0 Å². The molecule has 0 aliphatic carbocycles. The number of guanidine groups is 1. The summed E-state index contributed by atoms with van der Waals surface area (Å²) < 4.78 is 5.82. The lowest BCUT2D eigenvalue weighted by Crippen LogP contribution is -2.45. The third-order valence-electron chi connectivity index (χ3n) is 5.89. The second kappa shape index (κ2) is 11.7. The van der Waals surface area contributed by atoms with Crippen LogP contribution in [0.4, 0.5) is 11.5 Å². The van der Waals surface area contributed by atoms with Gasteiger partial charge in [-0.25, -0.2) is 4.98 Å². The molecule has 0 amide bonds. The maximum atomic E-state index is 5.82. The van der Waals surface area contributed by atoms with Crippen LogP contribution in [0, 0.1) is 0 Å². The zero-order chi connectivity index (χ0) is 21.6. The summed E-state index contributed by atoms with van der Waals surface area (Å²) >= 11 is 0. The van der Waals surface area contributed by atoms with Crippen molar-refractivity contribution < 1.29 is 4.74 Å². The second-order valence-corrected chi connectivity index (χ2v) is 8.52. The minimum atomic E-state index is 0. The molecule has 3 heterocycles. The molecule has 3 unspecified atom stereocenters. The van der Waals surface area contributed by atoms with Gasteiger partial charge in [0, 0.05) is 57.7 Å². The first-order valence-electron chi connectivity index (χ1n) is 11.2. The van der Waals surface area contributed by atoms with Gasteiger partial charge < -0.3 is 25.2 Å². The number of para-hydroxylation sites is 1. The number of aromatic nitrogens is 1. The Morgan fingerprint density at radius 1 is 1.06 bits per heavy atom. The highest BCUT2D eigenvalue weighted by molar-refractivity contribution is 14.0. The Kier molecular flexibility index (Phi) is 8.98. The van der Waals surface area contributed by atoms with Crippen LogP contribution in [0.1, 0.15) is 25.8 Å². The molecule has 0 spiro atoms. The number of hydrogen-bond acceptors (Lipinski definition) is 5. The molecule has 2 saturated heterocycles. The fourth-order valence-electron chi connectivity index (χ4n) is 4.40. The van der Waals surface area contributed by atoms with Crippen molar-refractivity contribution in [3.05, 3.63) is 54.2 Å². The van der Waals surface area contributed by atoms with E-state index in [2.05, 4.69) is 86.7 Å². The van der Waals surface area contributed by atoms with Gasteiger partial charge in [-0.05, 0) is 44.0 Å². The first-order chi connectivity index (χ1) is 15.1. The molecule has 8 heteroatoms. The number of benzene rings is 1. The molecule has 0 saturated carbocycles. The third-order valence-corrected chi connectivity index (χ3v) is 5.89. The number of ether oxygens (including phenoxy) is 1. The predicted octanol–water partition coefficient (Wildman–Crippen LogP) is 3.26. The normalized spacial score (nSPS) is 23.6. The first-order valence-corrected chi connectivity index (χ1v) is 11.2. The fraction of sp³-hybridized carbons (Fsp3) is 0.500. The van der Waals surface area contributed by atoms with Crippen LogP contribution in [-0.4, -0.2) is 62.4 Å². The Morgan fingerprint density at radius 3 is 2.47 bits per heavy atom. The van der Waals surface area contributed by atoms with E-state index in [1.165, 1.54) is 5.69 Å². The number of rotatable bonds is 5. The summed E-state index contributed by atoms with van der Waals surface area (Å²) in [5, 5.41) is 6.99. The minimum absolute atomic E-state index is 0. The van der Waals surface area contributed by atoms with Gasteiger partial charge in [-0.15, -0.1) is 24.0 Å². The Hall–Kier alpha value is -2.07. The van der Waals surface area contributed by atoms with Crippen LogP contribution in [0.5, 0.6) is 0 Å². The maximum Gasteiger partial charge on any atom is 0.191 e. The number of morpholine rings is 1. The number of anilines is 2. The van der Waals surface area contributed by atoms with E-state index in [-0.39, 0.29) is 36.2 Å². The Bertz CT molecular complexity index is 853. The second-order valence-electron chi connectivity index (χ2n) is 8.52. The molecule has 2 fully saturated rings. The Balaban J connectivity index is 0.00000289. The summed E-state index contributed by atoms with van der Waals surface area (Å²) in [5.74, 6) is 1.85. The van der Waals surface area contributed by atoms with Crippen molar-refractivity contribution in [2.75, 3.05) is 43.0 Å². The molecule has 2 N–H and O–H groups in total. The maximum absolute atomic E-state index is 5.82. The lowest BCUT2D eigenvalue weighted by Gasteiger charge is -2.36. The first kappa shape index (κ1) is 24.6. The predicted molar refractivity (Wildman–Crippen MR) is 142 cm³/mol. The smallest absolute Gasteiger partial charge is 0.191 e. The number of pyridine rings is 1. The van der Waals surface area contributed by atoms with Crippen molar-refractivity contribution >= 4 is 41.4 Å². The van der Waals surface area contributed by atoms with Crippen LogP contribution in [-0.2, 0) is 11.3 Å². The molecular weight excluding hydrogens is 515 g/mol. The van der Waals surface area contributed by atoms with Gasteiger partial charge in [0.15, 0.2) is 5.96 Å². The van der Waals surface area contributed by atoms with Crippen molar-refractivity contribution in [3.8, 4) is 0 Å². The highest BCUT2D eigenvalue weighted by atomic mass is 127. The van der Waals surface area contributed by atoms with Crippen molar-refractivity contribution in [3.63, 3.8) is 0 Å². The quantitative estimate of drug-likeness (QED) is 0.339. The van der Waals surface area contributed by atoms with Crippen LogP contribution in [0.3, 0.4) is 0 Å². The van der Waals surface area contributed by atoms with E-state index in [0.29, 0.717) is 12.6 Å². The number of aliphatic imine (C=N–C) groups is 1. The molecule has 3 atom stereocenters. The van der Waals surface area contributed by atoms with E-state index in [4.69, 9.17) is 4.74 Å². The van der Waals surface area contributed by atoms with Crippen molar-refractivity contribution in [2.24, 2.45) is 4.99 Å². The van der Waals surface area contributed by atoms with Gasteiger partial charge in [0.05, 0.1) is 12.2 Å². The van der Waals surface area contributed by atoms with E-state index in [9.17, 15) is 0 Å². The molecular formula is C24H35IN6O. The Labute approximate surface area is 208 Å². The van der Waals surface area contributed by atoms with Gasteiger partial charge in [0.2, 0.25) is 0 Å². The molecule has 2 aromatic rings. The summed E-state index contributed by atoms with van der Waals surface area (Å²) in [4.78, 5) is 13.8. The molecule has 174 valence electrons. The average molecular weight is 550 g/mol. The summed E-state index contributed by atoms with van der Waals surface area (Å²) in [5.41, 5.74) is 2.42. The molecule has 2 aliphatic rings. The standard InChI is InChI=1S/C24H34N6O.HI/c1-18-15-30(16-19(2)31-18)23-10-9-20(13-26-23)14-27-24(25-3)28-21-11-12-29(17-21)22-7-5-4-6-8-22;/h4-10,13,18-19,21H,11-12,14-17H2,1-3H3,(H2,25,27,28);1H. The molecule has 0 bridgehead atoms. The summed E-state index contributed by atoms with van der Waals surface area (Å²) in [6.07, 6.45) is 3.51. The zero-order valence-electron chi connectivity index (χ0n) is 19.2.